The summed E-state index contributed by atoms with van der Waals surface area (Å²) in [5.74, 6) is 2.08. The molecule has 2 rings (SSSR count). The van der Waals surface area contributed by atoms with Gasteiger partial charge in [-0.15, -0.1) is 0 Å². The zero-order valence-corrected chi connectivity index (χ0v) is 9.60. The Balaban J connectivity index is 1.60. The molecule has 0 aromatic rings. The van der Waals surface area contributed by atoms with Crippen molar-refractivity contribution in [1.82, 2.24) is 5.32 Å². The summed E-state index contributed by atoms with van der Waals surface area (Å²) in [5.41, 5.74) is 0. The van der Waals surface area contributed by atoms with Crippen molar-refractivity contribution in [2.24, 2.45) is 11.8 Å². The van der Waals surface area contributed by atoms with E-state index in [0.717, 1.165) is 17.9 Å². The first-order valence-electron chi connectivity index (χ1n) is 6.62. The second-order valence-electron chi connectivity index (χ2n) is 5.34. The first-order valence-corrected chi connectivity index (χ1v) is 6.62. The van der Waals surface area contributed by atoms with Gasteiger partial charge in [0.15, 0.2) is 0 Å². The second kappa shape index (κ2) is 5.16. The lowest BCUT2D eigenvalue weighted by Gasteiger charge is -2.19. The van der Waals surface area contributed by atoms with E-state index in [-0.39, 0.29) is 0 Å². The predicted molar refractivity (Wildman–Crippen MR) is 61.4 cm³/mol. The smallest absolute Gasteiger partial charge is 0.00671 e. The van der Waals surface area contributed by atoms with E-state index in [1.807, 2.05) is 0 Å². The maximum absolute atomic E-state index is 3.78. The average molecular weight is 195 g/mol. The molecule has 2 saturated carbocycles. The quantitative estimate of drug-likeness (QED) is 0.685. The molecular formula is C13H25N. The largest absolute Gasteiger partial charge is 0.314 e. The Morgan fingerprint density at radius 3 is 2.36 bits per heavy atom. The van der Waals surface area contributed by atoms with E-state index in [0.29, 0.717) is 0 Å². The molecular weight excluding hydrogens is 170 g/mol. The van der Waals surface area contributed by atoms with Crippen molar-refractivity contribution in [3.05, 3.63) is 0 Å². The molecule has 0 heterocycles. The first kappa shape index (κ1) is 10.5. The van der Waals surface area contributed by atoms with Crippen molar-refractivity contribution >= 4 is 0 Å². The molecule has 14 heavy (non-hydrogen) atoms. The van der Waals surface area contributed by atoms with E-state index >= 15 is 0 Å². The van der Waals surface area contributed by atoms with E-state index in [1.54, 1.807) is 0 Å². The van der Waals surface area contributed by atoms with E-state index in [2.05, 4.69) is 12.2 Å². The van der Waals surface area contributed by atoms with Gasteiger partial charge in [0.1, 0.15) is 0 Å². The van der Waals surface area contributed by atoms with E-state index < -0.39 is 0 Å². The van der Waals surface area contributed by atoms with Gasteiger partial charge in [0.2, 0.25) is 0 Å². The summed E-state index contributed by atoms with van der Waals surface area (Å²) in [5, 5.41) is 3.78. The Hall–Kier alpha value is -0.0400. The summed E-state index contributed by atoms with van der Waals surface area (Å²) < 4.78 is 0. The number of nitrogens with one attached hydrogen (secondary N) is 1. The van der Waals surface area contributed by atoms with E-state index in [9.17, 15) is 0 Å². The lowest BCUT2D eigenvalue weighted by atomic mass is 10.0. The minimum absolute atomic E-state index is 0.822. The molecule has 1 heteroatoms. The van der Waals surface area contributed by atoms with E-state index in [1.165, 1.54) is 57.9 Å². The van der Waals surface area contributed by atoms with Gasteiger partial charge in [-0.1, -0.05) is 32.6 Å². The lowest BCUT2D eigenvalue weighted by molar-refractivity contribution is 0.395. The molecule has 1 atom stereocenters. The topological polar surface area (TPSA) is 12.0 Å². The van der Waals surface area contributed by atoms with Gasteiger partial charge in [0.25, 0.3) is 0 Å². The Labute approximate surface area is 88.7 Å². The molecule has 2 aliphatic carbocycles. The monoisotopic (exact) mass is 195 g/mol. The van der Waals surface area contributed by atoms with Crippen LogP contribution in [0.4, 0.5) is 0 Å². The van der Waals surface area contributed by atoms with Gasteiger partial charge >= 0.3 is 0 Å². The third kappa shape index (κ3) is 3.27. The Kier molecular flexibility index (Phi) is 3.86. The zero-order chi connectivity index (χ0) is 9.80. The van der Waals surface area contributed by atoms with Crippen LogP contribution in [0.15, 0.2) is 0 Å². The molecule has 1 nitrogen and oxygen atoms in total. The van der Waals surface area contributed by atoms with Crippen LogP contribution < -0.4 is 5.32 Å². The Morgan fingerprint density at radius 1 is 1.07 bits per heavy atom. The fourth-order valence-electron chi connectivity index (χ4n) is 2.70. The van der Waals surface area contributed by atoms with Gasteiger partial charge in [0.05, 0.1) is 0 Å². The van der Waals surface area contributed by atoms with Crippen molar-refractivity contribution in [3.63, 3.8) is 0 Å². The van der Waals surface area contributed by atoms with Gasteiger partial charge in [-0.3, -0.25) is 0 Å². The summed E-state index contributed by atoms with van der Waals surface area (Å²) >= 11 is 0. The molecule has 2 aliphatic rings. The summed E-state index contributed by atoms with van der Waals surface area (Å²) in [4.78, 5) is 0. The number of rotatable bonds is 6. The molecule has 0 bridgehead atoms. The normalized spacial score (nSPS) is 25.5. The maximum Gasteiger partial charge on any atom is 0.00671 e. The van der Waals surface area contributed by atoms with Gasteiger partial charge in [-0.25, -0.2) is 0 Å². The highest BCUT2D eigenvalue weighted by molar-refractivity contribution is 4.80. The highest BCUT2D eigenvalue weighted by atomic mass is 14.9. The second-order valence-corrected chi connectivity index (χ2v) is 5.34. The molecule has 1 unspecified atom stereocenters. The molecule has 0 aliphatic heterocycles. The van der Waals surface area contributed by atoms with Crippen LogP contribution >= 0.6 is 0 Å². The van der Waals surface area contributed by atoms with Crippen molar-refractivity contribution in [2.45, 2.75) is 64.3 Å². The SMILES string of the molecule is CCC(CC1CC1)NCC1CCCC1. The lowest BCUT2D eigenvalue weighted by Crippen LogP contribution is -2.32. The minimum Gasteiger partial charge on any atom is -0.314 e. The van der Waals surface area contributed by atoms with Crippen LogP contribution in [0, 0.1) is 11.8 Å². The molecule has 0 saturated heterocycles. The standard InChI is InChI=1S/C13H25N/c1-2-13(9-11-7-8-11)14-10-12-5-3-4-6-12/h11-14H,2-10H2,1H3. The van der Waals surface area contributed by atoms with Crippen LogP contribution in [0.2, 0.25) is 0 Å². The average Bonchev–Trinajstić information content (AvgIpc) is 2.86. The molecule has 1 N–H and O–H groups in total. The summed E-state index contributed by atoms with van der Waals surface area (Å²) in [7, 11) is 0. The van der Waals surface area contributed by atoms with Crippen LogP contribution in [-0.2, 0) is 0 Å². The molecule has 82 valence electrons. The Bertz CT molecular complexity index is 157. The van der Waals surface area contributed by atoms with Crippen LogP contribution in [0.1, 0.15) is 58.3 Å². The molecule has 2 fully saturated rings. The van der Waals surface area contributed by atoms with Gasteiger partial charge in [-0.05, 0) is 44.1 Å². The third-order valence-corrected chi connectivity index (χ3v) is 3.98. The van der Waals surface area contributed by atoms with Crippen molar-refractivity contribution in [1.29, 1.82) is 0 Å². The molecule has 0 radical (unpaired) electrons. The fraction of sp³-hybridized carbons (Fsp3) is 1.00. The fourth-order valence-corrected chi connectivity index (χ4v) is 2.70. The predicted octanol–water partition coefficient (Wildman–Crippen LogP) is 3.34. The minimum atomic E-state index is 0.822. The van der Waals surface area contributed by atoms with Crippen molar-refractivity contribution in [3.8, 4) is 0 Å². The first-order chi connectivity index (χ1) is 6.88. The van der Waals surface area contributed by atoms with Gasteiger partial charge in [0, 0.05) is 6.04 Å². The summed E-state index contributed by atoms with van der Waals surface area (Å²) in [6.07, 6.45) is 11.7. The molecule has 0 aromatic carbocycles. The number of hydrogen-bond acceptors (Lipinski definition) is 1. The molecule has 0 spiro atoms. The van der Waals surface area contributed by atoms with Crippen molar-refractivity contribution < 1.29 is 0 Å². The van der Waals surface area contributed by atoms with Gasteiger partial charge < -0.3 is 5.32 Å². The molecule has 0 amide bonds. The van der Waals surface area contributed by atoms with Crippen LogP contribution in [0.3, 0.4) is 0 Å². The summed E-state index contributed by atoms with van der Waals surface area (Å²) in [6.45, 7) is 3.62. The highest BCUT2D eigenvalue weighted by Crippen LogP contribution is 2.34. The Morgan fingerprint density at radius 2 is 1.79 bits per heavy atom. The van der Waals surface area contributed by atoms with Crippen LogP contribution in [-0.4, -0.2) is 12.6 Å². The number of hydrogen-bond donors (Lipinski definition) is 1. The van der Waals surface area contributed by atoms with Gasteiger partial charge in [-0.2, -0.15) is 0 Å². The van der Waals surface area contributed by atoms with E-state index in [4.69, 9.17) is 0 Å². The maximum atomic E-state index is 3.78. The van der Waals surface area contributed by atoms with Crippen molar-refractivity contribution in [2.75, 3.05) is 6.54 Å². The van der Waals surface area contributed by atoms with Crippen LogP contribution in [0.5, 0.6) is 0 Å². The highest BCUT2D eigenvalue weighted by Gasteiger charge is 2.25. The molecule has 0 aromatic heterocycles. The van der Waals surface area contributed by atoms with Crippen LogP contribution in [0.25, 0.3) is 0 Å². The zero-order valence-electron chi connectivity index (χ0n) is 9.60. The summed E-state index contributed by atoms with van der Waals surface area (Å²) in [6, 6.07) is 0.822. The third-order valence-electron chi connectivity index (χ3n) is 3.98.